The molecule has 17 heavy (non-hydrogen) atoms. The number of Topliss-reactive ketones (excluding diaryl/α,β-unsaturated/α-hetero) is 1. The molecule has 1 heterocycles. The number of aromatic amines is 1. The quantitative estimate of drug-likeness (QED) is 0.782. The third-order valence-electron chi connectivity index (χ3n) is 2.41. The van der Waals surface area contributed by atoms with Crippen molar-refractivity contribution in [3.63, 3.8) is 0 Å². The van der Waals surface area contributed by atoms with E-state index in [4.69, 9.17) is 4.42 Å². The van der Waals surface area contributed by atoms with E-state index in [1.165, 1.54) is 0 Å². The lowest BCUT2D eigenvalue weighted by atomic mass is 10.1. The van der Waals surface area contributed by atoms with Crippen LogP contribution in [-0.2, 0) is 0 Å². The topological polar surface area (TPSA) is 75.1 Å². The second kappa shape index (κ2) is 4.55. The van der Waals surface area contributed by atoms with E-state index in [1.807, 2.05) is 13.8 Å². The maximum Gasteiger partial charge on any atom is 0.417 e. The summed E-state index contributed by atoms with van der Waals surface area (Å²) in [7, 11) is 0. The number of oxazole rings is 1. The molecule has 0 saturated carbocycles. The molecule has 0 atom stereocenters. The van der Waals surface area contributed by atoms with Gasteiger partial charge in [-0.3, -0.25) is 9.78 Å². The summed E-state index contributed by atoms with van der Waals surface area (Å²) in [6, 6.07) is 5.19. The summed E-state index contributed by atoms with van der Waals surface area (Å²) in [5, 5.41) is 3.05. The average molecular weight is 234 g/mol. The van der Waals surface area contributed by atoms with Crippen LogP contribution in [0.25, 0.3) is 11.1 Å². The Morgan fingerprint density at radius 1 is 1.47 bits per heavy atom. The van der Waals surface area contributed by atoms with Crippen molar-refractivity contribution in [2.75, 3.05) is 6.54 Å². The summed E-state index contributed by atoms with van der Waals surface area (Å²) in [5.74, 6) is -0.533. The van der Waals surface area contributed by atoms with Gasteiger partial charge in [-0.05, 0) is 18.2 Å². The number of carbonyl (C=O) groups is 1. The third-order valence-corrected chi connectivity index (χ3v) is 2.41. The van der Waals surface area contributed by atoms with Crippen molar-refractivity contribution in [3.05, 3.63) is 34.3 Å². The number of aromatic nitrogens is 1. The Morgan fingerprint density at radius 3 is 2.94 bits per heavy atom. The van der Waals surface area contributed by atoms with Crippen LogP contribution in [0.4, 0.5) is 0 Å². The Morgan fingerprint density at radius 2 is 2.24 bits per heavy atom. The van der Waals surface area contributed by atoms with Gasteiger partial charge in [0.1, 0.15) is 0 Å². The maximum absolute atomic E-state index is 11.8. The first kappa shape index (κ1) is 11.6. The molecule has 0 aliphatic heterocycles. The molecule has 0 unspecified atom stereocenters. The minimum Gasteiger partial charge on any atom is -0.408 e. The summed E-state index contributed by atoms with van der Waals surface area (Å²) in [6.45, 7) is 4.22. The number of hydrogen-bond acceptors (Lipinski definition) is 4. The average Bonchev–Trinajstić information content (AvgIpc) is 2.64. The van der Waals surface area contributed by atoms with E-state index in [9.17, 15) is 9.59 Å². The van der Waals surface area contributed by atoms with Crippen molar-refractivity contribution in [1.82, 2.24) is 10.3 Å². The van der Waals surface area contributed by atoms with Gasteiger partial charge >= 0.3 is 5.76 Å². The molecule has 0 spiro atoms. The van der Waals surface area contributed by atoms with Gasteiger partial charge in [0.05, 0.1) is 12.1 Å². The predicted octanol–water partition coefficient (Wildman–Crippen LogP) is 1.30. The molecule has 1 aromatic heterocycles. The molecule has 2 rings (SSSR count). The molecule has 5 nitrogen and oxygen atoms in total. The Bertz CT molecular complexity index is 595. The molecular weight excluding hydrogens is 220 g/mol. The molecule has 0 radical (unpaired) electrons. The molecule has 5 heteroatoms. The van der Waals surface area contributed by atoms with Gasteiger partial charge in [0.25, 0.3) is 0 Å². The molecular formula is C12H14N2O3. The van der Waals surface area contributed by atoms with E-state index in [-0.39, 0.29) is 18.4 Å². The molecule has 2 aromatic rings. The molecule has 2 N–H and O–H groups in total. The molecule has 1 aromatic carbocycles. The van der Waals surface area contributed by atoms with Crippen LogP contribution >= 0.6 is 0 Å². The molecule has 0 aliphatic rings. The van der Waals surface area contributed by atoms with E-state index in [0.717, 1.165) is 0 Å². The summed E-state index contributed by atoms with van der Waals surface area (Å²) in [5.41, 5.74) is 1.54. The van der Waals surface area contributed by atoms with Gasteiger partial charge in [-0.1, -0.05) is 13.8 Å². The molecule has 0 bridgehead atoms. The second-order valence-corrected chi connectivity index (χ2v) is 4.18. The first-order valence-corrected chi connectivity index (χ1v) is 5.46. The van der Waals surface area contributed by atoms with Gasteiger partial charge in [0.15, 0.2) is 11.4 Å². The van der Waals surface area contributed by atoms with E-state index in [0.29, 0.717) is 16.7 Å². The fraction of sp³-hybridized carbons (Fsp3) is 0.333. The minimum absolute atomic E-state index is 0.0237. The molecule has 0 fully saturated rings. The van der Waals surface area contributed by atoms with Crippen LogP contribution in [0, 0.1) is 0 Å². The Balaban J connectivity index is 2.23. The zero-order valence-corrected chi connectivity index (χ0v) is 9.74. The number of nitrogens with one attached hydrogen (secondary N) is 2. The maximum atomic E-state index is 11.8. The van der Waals surface area contributed by atoms with Gasteiger partial charge in [-0.2, -0.15) is 0 Å². The van der Waals surface area contributed by atoms with Crippen LogP contribution in [0.5, 0.6) is 0 Å². The number of hydrogen-bond donors (Lipinski definition) is 2. The van der Waals surface area contributed by atoms with E-state index in [2.05, 4.69) is 10.3 Å². The number of carbonyl (C=O) groups excluding carboxylic acids is 1. The first-order valence-electron chi connectivity index (χ1n) is 5.46. The number of H-pyrrole nitrogens is 1. The van der Waals surface area contributed by atoms with E-state index >= 15 is 0 Å². The number of fused-ring (bicyclic) bond motifs is 1. The fourth-order valence-corrected chi connectivity index (χ4v) is 1.52. The van der Waals surface area contributed by atoms with Crippen LogP contribution < -0.4 is 11.1 Å². The Hall–Kier alpha value is -1.88. The summed E-state index contributed by atoms with van der Waals surface area (Å²) >= 11 is 0. The van der Waals surface area contributed by atoms with Crippen molar-refractivity contribution in [2.45, 2.75) is 19.9 Å². The normalized spacial score (nSPS) is 11.2. The Kier molecular flexibility index (Phi) is 3.10. The van der Waals surface area contributed by atoms with Crippen LogP contribution in [0.15, 0.2) is 27.4 Å². The van der Waals surface area contributed by atoms with Crippen molar-refractivity contribution >= 4 is 16.9 Å². The van der Waals surface area contributed by atoms with Crippen LogP contribution in [-0.4, -0.2) is 23.4 Å². The zero-order chi connectivity index (χ0) is 12.4. The smallest absolute Gasteiger partial charge is 0.408 e. The lowest BCUT2D eigenvalue weighted by Gasteiger charge is -2.06. The lowest BCUT2D eigenvalue weighted by molar-refractivity contribution is 0.0988. The highest BCUT2D eigenvalue weighted by molar-refractivity contribution is 5.99. The van der Waals surface area contributed by atoms with Gasteiger partial charge in [0.2, 0.25) is 0 Å². The highest BCUT2D eigenvalue weighted by atomic mass is 16.4. The predicted molar refractivity (Wildman–Crippen MR) is 64.3 cm³/mol. The highest BCUT2D eigenvalue weighted by Crippen LogP contribution is 2.12. The second-order valence-electron chi connectivity index (χ2n) is 4.18. The van der Waals surface area contributed by atoms with Crippen molar-refractivity contribution in [3.8, 4) is 0 Å². The molecule has 90 valence electrons. The zero-order valence-electron chi connectivity index (χ0n) is 9.74. The molecule has 0 saturated heterocycles. The number of ketones is 1. The molecule has 0 amide bonds. The summed E-state index contributed by atoms with van der Waals surface area (Å²) in [4.78, 5) is 25.3. The van der Waals surface area contributed by atoms with Gasteiger partial charge in [0, 0.05) is 11.6 Å². The van der Waals surface area contributed by atoms with Crippen LogP contribution in [0.2, 0.25) is 0 Å². The van der Waals surface area contributed by atoms with E-state index < -0.39 is 5.76 Å². The number of benzene rings is 1. The third kappa shape index (κ3) is 2.62. The Labute approximate surface area is 97.8 Å². The van der Waals surface area contributed by atoms with Crippen molar-refractivity contribution in [1.29, 1.82) is 0 Å². The monoisotopic (exact) mass is 234 g/mol. The van der Waals surface area contributed by atoms with Crippen molar-refractivity contribution < 1.29 is 9.21 Å². The SMILES string of the molecule is CC(C)NCC(=O)c1ccc2[nH]c(=O)oc2c1. The standard InChI is InChI=1S/C12H14N2O3/c1-7(2)13-6-10(15)8-3-4-9-11(5-8)17-12(16)14-9/h3-5,7,13H,6H2,1-2H3,(H,14,16). The molecule has 0 aliphatic carbocycles. The van der Waals surface area contributed by atoms with Gasteiger partial charge in [-0.25, -0.2) is 4.79 Å². The van der Waals surface area contributed by atoms with Crippen LogP contribution in [0.1, 0.15) is 24.2 Å². The van der Waals surface area contributed by atoms with Gasteiger partial charge in [-0.15, -0.1) is 0 Å². The summed E-state index contributed by atoms with van der Waals surface area (Å²) < 4.78 is 4.90. The van der Waals surface area contributed by atoms with Gasteiger partial charge < -0.3 is 9.73 Å². The summed E-state index contributed by atoms with van der Waals surface area (Å²) in [6.07, 6.45) is 0. The highest BCUT2D eigenvalue weighted by Gasteiger charge is 2.09. The minimum atomic E-state index is -0.509. The van der Waals surface area contributed by atoms with Crippen LogP contribution in [0.3, 0.4) is 0 Å². The number of rotatable bonds is 4. The van der Waals surface area contributed by atoms with E-state index in [1.54, 1.807) is 18.2 Å². The lowest BCUT2D eigenvalue weighted by Crippen LogP contribution is -2.29. The van der Waals surface area contributed by atoms with Crippen molar-refractivity contribution in [2.24, 2.45) is 0 Å². The first-order chi connectivity index (χ1) is 8.06. The fourth-order valence-electron chi connectivity index (χ4n) is 1.52. The largest absolute Gasteiger partial charge is 0.417 e.